The first-order valence-electron chi connectivity index (χ1n) is 47.7. The van der Waals surface area contributed by atoms with Crippen LogP contribution in [0.5, 0.6) is 0 Å². The smallest absolute Gasteiger partial charge is 0.325 e. The first kappa shape index (κ1) is 112. The van der Waals surface area contributed by atoms with E-state index in [0.717, 1.165) is 0 Å². The number of fused-ring (bicyclic) bond motifs is 20. The van der Waals surface area contributed by atoms with Crippen molar-refractivity contribution in [1.29, 1.82) is 0 Å². The van der Waals surface area contributed by atoms with Crippen molar-refractivity contribution in [3.05, 3.63) is 122 Å². The van der Waals surface area contributed by atoms with Crippen molar-refractivity contribution in [2.24, 2.45) is 5.92 Å². The lowest BCUT2D eigenvalue weighted by Gasteiger charge is -2.41. The highest BCUT2D eigenvalue weighted by Gasteiger charge is 2.57. The molecule has 9 aromatic rings. The minimum atomic E-state index is -4.15. The Labute approximate surface area is 834 Å². The van der Waals surface area contributed by atoms with Gasteiger partial charge >= 0.3 is 26.9 Å². The van der Waals surface area contributed by atoms with Crippen molar-refractivity contribution < 1.29 is 94.1 Å². The minimum absolute atomic E-state index is 0.145. The third-order valence-corrected chi connectivity index (χ3v) is 36.8. The molecule has 19 rings (SSSR count). The van der Waals surface area contributed by atoms with E-state index < -0.39 is 146 Å². The summed E-state index contributed by atoms with van der Waals surface area (Å²) in [5.41, 5.74) is 4.99. The number of aromatic nitrogens is 16. The number of allylic oxidation sites excluding steroid dienone is 2. The van der Waals surface area contributed by atoms with Crippen molar-refractivity contribution in [2.45, 2.75) is 247 Å². The summed E-state index contributed by atoms with van der Waals surface area (Å²) in [6.45, 7) is 35.4. The maximum Gasteiger partial charge on any atom is 0.325 e. The number of imidazole rings is 4. The molecule has 6 saturated heterocycles. The number of rotatable bonds is 15. The van der Waals surface area contributed by atoms with Gasteiger partial charge in [-0.25, -0.2) is 59.8 Å². The fraction of sp³-hybridized carbons (Fsp3) is 0.648. The summed E-state index contributed by atoms with van der Waals surface area (Å²) in [5, 5.41) is 25.7. The quantitative estimate of drug-likeness (QED) is 0.0285. The van der Waals surface area contributed by atoms with Gasteiger partial charge in [-0.05, 0) is 182 Å². The Balaban J connectivity index is 0.000000199. The third kappa shape index (κ3) is 27.5. The van der Waals surface area contributed by atoms with Crippen LogP contribution in [-0.2, 0) is 120 Å². The predicted molar refractivity (Wildman–Crippen MR) is 545 cm³/mol. The molecule has 6 fully saturated rings. The van der Waals surface area contributed by atoms with E-state index in [0.29, 0.717) is 88.5 Å². The molecule has 10 aliphatic heterocycles. The molecule has 0 radical (unpaired) electrons. The lowest BCUT2D eigenvalue weighted by atomic mass is 10.0. The Morgan fingerprint density at radius 2 is 0.806 bits per heavy atom. The second kappa shape index (κ2) is 50.4. The van der Waals surface area contributed by atoms with E-state index in [1.165, 1.54) is 137 Å². The number of aryl methyl sites for hydroxylation is 2. The molecular formula is C88H138N22O20P4S4Si. The zero-order chi connectivity index (χ0) is 100. The van der Waals surface area contributed by atoms with E-state index in [2.05, 4.69) is 192 Å². The fourth-order valence-corrected chi connectivity index (χ4v) is 23.8. The SMILES string of the molecule is CCN(CC)CC.CCN(CC)CC.CCN(CC)CC.CCN(CC)CC.C[C@@H]1[C@H]2COP(O)(=S)O[C@H]3C4O[C@H](COP(O)(=S)O[C@H]1C(O2)n1cnc2c(ncnc21)CC/C=C/CN(C(=O)c1ccccc1)c1ncnc2c1ncn24)[C@H]3O[Si](C)(C)C(C)(C)C.O[C@@H]1[C@H]2COP(O)(=S)O[C@H]3C4O[C@H](COP(O)(=S)O[C@H]1C(O2)n1cnc2c(ncnc21)CC/C=C/CNc1ncnc2c1ncn24)[C@H]3O. The lowest BCUT2D eigenvalue weighted by Crippen LogP contribution is -2.50. The summed E-state index contributed by atoms with van der Waals surface area (Å²) in [5.74, 6) is -0.0929. The van der Waals surface area contributed by atoms with Crippen LogP contribution in [0.4, 0.5) is 11.6 Å². The molecule has 139 heavy (non-hydrogen) atoms. The molecule has 1 aromatic carbocycles. The Hall–Kier alpha value is -5.93. The fourth-order valence-electron chi connectivity index (χ4n) is 16.8. The predicted octanol–water partition coefficient (Wildman–Crippen LogP) is 11.6. The van der Waals surface area contributed by atoms with Crippen LogP contribution in [0.2, 0.25) is 18.1 Å². The summed E-state index contributed by atoms with van der Waals surface area (Å²) in [7, 11) is -2.67. The van der Waals surface area contributed by atoms with Gasteiger partial charge in [-0.2, -0.15) is 0 Å². The number of aliphatic hydroxyl groups is 2. The largest absolute Gasteiger partial charge is 0.408 e. The van der Waals surface area contributed by atoms with Crippen LogP contribution in [0.1, 0.15) is 170 Å². The van der Waals surface area contributed by atoms with Gasteiger partial charge < -0.3 is 101 Å². The summed E-state index contributed by atoms with van der Waals surface area (Å²) in [6.07, 6.45) is 4.65. The summed E-state index contributed by atoms with van der Waals surface area (Å²) in [6, 6.07) is 8.90. The number of aliphatic hydroxyl groups excluding tert-OH is 2. The molecule has 8 unspecified atom stereocenters. The van der Waals surface area contributed by atoms with Crippen LogP contribution in [0.3, 0.4) is 0 Å². The summed E-state index contributed by atoms with van der Waals surface area (Å²) >= 11 is 22.2. The van der Waals surface area contributed by atoms with Crippen LogP contribution >= 0.6 is 26.9 Å². The second-order valence-electron chi connectivity index (χ2n) is 35.3. The molecule has 1 amide bonds. The van der Waals surface area contributed by atoms with Gasteiger partial charge in [-0.15, -0.1) is 0 Å². The first-order chi connectivity index (χ1) is 66.4. The molecule has 18 heterocycles. The molecule has 0 aliphatic carbocycles. The van der Waals surface area contributed by atoms with Crippen LogP contribution in [0, 0.1) is 5.92 Å². The van der Waals surface area contributed by atoms with Crippen LogP contribution in [0.25, 0.3) is 44.7 Å². The normalized spacial score (nSPS) is 30.0. The molecule has 7 N–H and O–H groups in total. The van der Waals surface area contributed by atoms with Gasteiger partial charge in [0.05, 0.1) is 69.2 Å². The Kier molecular flexibility index (Phi) is 40.6. The molecule has 0 spiro atoms. The average Bonchev–Trinajstić information content (AvgIpc) is 1.61. The highest BCUT2D eigenvalue weighted by Crippen LogP contribution is 2.58. The number of amides is 1. The number of nitrogens with one attached hydrogen (secondary N) is 1. The molecule has 8 aromatic heterocycles. The zero-order valence-electron chi connectivity index (χ0n) is 82.3. The van der Waals surface area contributed by atoms with Crippen molar-refractivity contribution >= 4 is 145 Å². The lowest BCUT2D eigenvalue weighted by molar-refractivity contribution is -0.0615. The Bertz CT molecular complexity index is 5540. The zero-order valence-corrected chi connectivity index (χ0v) is 90.2. The highest BCUT2D eigenvalue weighted by molar-refractivity contribution is 8.08. The molecule has 28 bridgehead atoms. The van der Waals surface area contributed by atoms with E-state index in [-0.39, 0.29) is 47.7 Å². The van der Waals surface area contributed by atoms with Crippen molar-refractivity contribution in [3.8, 4) is 0 Å². The summed E-state index contributed by atoms with van der Waals surface area (Å²) < 4.78 is 87.5. The second-order valence-corrected chi connectivity index (χ2v) is 51.2. The number of ether oxygens (including phenoxy) is 4. The Morgan fingerprint density at radius 1 is 0.453 bits per heavy atom. The van der Waals surface area contributed by atoms with Crippen LogP contribution in [-0.4, -0.2) is 327 Å². The van der Waals surface area contributed by atoms with Gasteiger partial charge in [0.25, 0.3) is 5.91 Å². The number of benzene rings is 1. The van der Waals surface area contributed by atoms with E-state index in [1.807, 2.05) is 37.3 Å². The third-order valence-electron chi connectivity index (χ3n) is 26.1. The summed E-state index contributed by atoms with van der Waals surface area (Å²) in [4.78, 5) is 126. The first-order valence-corrected chi connectivity index (χ1v) is 60.9. The van der Waals surface area contributed by atoms with Gasteiger partial charge in [0, 0.05) is 24.6 Å². The van der Waals surface area contributed by atoms with Gasteiger partial charge in [-0.1, -0.05) is 153 Å². The van der Waals surface area contributed by atoms with Crippen molar-refractivity contribution in [2.75, 3.05) is 128 Å². The van der Waals surface area contributed by atoms with Crippen molar-refractivity contribution in [3.63, 3.8) is 0 Å². The van der Waals surface area contributed by atoms with E-state index in [1.54, 1.807) is 39.7 Å². The van der Waals surface area contributed by atoms with E-state index in [4.69, 9.17) is 117 Å². The maximum absolute atomic E-state index is 14.3. The molecule has 768 valence electrons. The van der Waals surface area contributed by atoms with Gasteiger partial charge in [0.1, 0.15) is 97.4 Å². The van der Waals surface area contributed by atoms with Crippen LogP contribution < -0.4 is 10.2 Å². The Morgan fingerprint density at radius 3 is 1.24 bits per heavy atom. The number of hydrogen-bond donors (Lipinski definition) is 7. The molecular weight excluding hydrogens is 1970 g/mol. The monoisotopic (exact) mass is 2100 g/mol. The number of carbonyl (C=O) groups is 1. The minimum Gasteiger partial charge on any atom is -0.408 e. The molecule has 51 heteroatoms. The number of nitrogens with zero attached hydrogens (tertiary/aromatic N) is 21. The van der Waals surface area contributed by atoms with Gasteiger partial charge in [-0.3, -0.25) is 41.5 Å². The van der Waals surface area contributed by atoms with E-state index >= 15 is 0 Å². The molecule has 20 atom stereocenters. The van der Waals surface area contributed by atoms with E-state index in [9.17, 15) is 34.6 Å². The number of anilines is 2. The van der Waals surface area contributed by atoms with Crippen LogP contribution in [0.15, 0.2) is 105 Å². The highest BCUT2D eigenvalue weighted by atomic mass is 32.5. The van der Waals surface area contributed by atoms with Gasteiger partial charge in [0.15, 0.2) is 78.5 Å². The van der Waals surface area contributed by atoms with Crippen molar-refractivity contribution in [1.82, 2.24) is 97.7 Å². The molecule has 42 nitrogen and oxygen atoms in total. The van der Waals surface area contributed by atoms with Gasteiger partial charge in [0.2, 0.25) is 0 Å². The number of hydrogen-bond acceptors (Lipinski definition) is 37. The average molecular weight is 2100 g/mol. The topological polar surface area (TPSA) is 461 Å². The molecule has 10 aliphatic rings. The molecule has 0 saturated carbocycles. The maximum atomic E-state index is 14.3. The standard InChI is InChI=1S/C39H49N9O10P2S2Si.C25H29N9O10P2S2.4C6H15N/c1-23-26-17-52-60(51,62)57-32-31(58-63(5,6)39(2,3)4)27-18-53-59(50,61)56-30(23)37(54-26)47-21-44-28-25(40-19-41-33(28)47)15-11-8-12-16-46(36(49)24-13-9-7-10-14-24)34-29-35(43-20-42-34)48(22-45-29)38(32)55-27;35-17-13-6-39-46(38,48)44-20-18(36)14-7-40-45(37,47)43-19(17)24(41-13)33-10-31-15-12(27-8-29-22(15)33)4-2-1-3-5-26-21-16-23(30-9-28-21)34(11-32-16)25(20)42-14;4*1-4-7(5-2)6-3/h7-10,12-14,19-23,26-27,30-32,37-38H,11,15-18H2,1-6H3,(H,50,61)(H,51,62);1,3,8-11,13-14,17-20,24-25,35-36H,2,4-7H2,(H,37,47)(H,38,48)(H,26,28,30);4*4-6H2,1-3H3/b12-8+;3-1+;;;;/t23-,26-,27-,30-,31-,32-,37?,38?,59?,60?;13-,14-,17-,18-,19-,20-,24?,25?,45?,46?;;;;/m11..../s1. The number of carbonyl (C=O) groups excluding carboxylic acids is 1.